The van der Waals surface area contributed by atoms with E-state index in [4.69, 9.17) is 4.74 Å². The number of amides is 2. The predicted octanol–water partition coefficient (Wildman–Crippen LogP) is 0.474. The van der Waals surface area contributed by atoms with Gasteiger partial charge in [-0.15, -0.1) is 0 Å². The molecule has 2 heterocycles. The zero-order chi connectivity index (χ0) is 16.1. The smallest absolute Gasteiger partial charge is 0.225 e. The Hall–Kier alpha value is -1.14. The summed E-state index contributed by atoms with van der Waals surface area (Å²) in [6.07, 6.45) is 4.92. The summed E-state index contributed by atoms with van der Waals surface area (Å²) < 4.78 is 5.32. The van der Waals surface area contributed by atoms with Crippen LogP contribution in [0.2, 0.25) is 0 Å². The third-order valence-electron chi connectivity index (χ3n) is 5.46. The minimum absolute atomic E-state index is 0.0742. The first-order chi connectivity index (χ1) is 11.2. The van der Waals surface area contributed by atoms with Crippen LogP contribution >= 0.6 is 0 Å². The fourth-order valence-corrected chi connectivity index (χ4v) is 3.58. The van der Waals surface area contributed by atoms with Crippen molar-refractivity contribution in [1.29, 1.82) is 0 Å². The molecule has 2 amide bonds. The first-order valence-corrected chi connectivity index (χ1v) is 9.10. The number of carbonyl (C=O) groups excluding carboxylic acids is 2. The third kappa shape index (κ3) is 4.44. The lowest BCUT2D eigenvalue weighted by atomic mass is 9.83. The van der Waals surface area contributed by atoms with E-state index in [1.165, 1.54) is 6.42 Å². The second-order valence-corrected chi connectivity index (χ2v) is 6.97. The SMILES string of the molecule is O=C(NCCN1CCOCC1)C1CCN(C(=O)C2CCC2)CC1. The Morgan fingerprint density at radius 2 is 1.65 bits per heavy atom. The summed E-state index contributed by atoms with van der Waals surface area (Å²) in [4.78, 5) is 28.8. The van der Waals surface area contributed by atoms with E-state index in [0.717, 1.165) is 71.6 Å². The summed E-state index contributed by atoms with van der Waals surface area (Å²) in [6.45, 7) is 6.60. The van der Waals surface area contributed by atoms with Gasteiger partial charge >= 0.3 is 0 Å². The van der Waals surface area contributed by atoms with E-state index in [1.54, 1.807) is 0 Å². The van der Waals surface area contributed by atoms with Gasteiger partial charge in [0.2, 0.25) is 11.8 Å². The van der Waals surface area contributed by atoms with E-state index in [-0.39, 0.29) is 17.7 Å². The number of carbonyl (C=O) groups is 2. The maximum Gasteiger partial charge on any atom is 0.225 e. The Labute approximate surface area is 138 Å². The van der Waals surface area contributed by atoms with Crippen LogP contribution in [0.1, 0.15) is 32.1 Å². The van der Waals surface area contributed by atoms with Crippen molar-refractivity contribution in [2.24, 2.45) is 11.8 Å². The van der Waals surface area contributed by atoms with Crippen molar-refractivity contribution >= 4 is 11.8 Å². The summed E-state index contributed by atoms with van der Waals surface area (Å²) in [5.74, 6) is 0.829. The Morgan fingerprint density at radius 3 is 2.26 bits per heavy atom. The molecule has 3 rings (SSSR count). The number of hydrogen-bond acceptors (Lipinski definition) is 4. The van der Waals surface area contributed by atoms with Crippen LogP contribution in [0.3, 0.4) is 0 Å². The number of rotatable bonds is 5. The molecular weight excluding hydrogens is 294 g/mol. The Kier molecular flexibility index (Phi) is 5.89. The topological polar surface area (TPSA) is 61.9 Å². The van der Waals surface area contributed by atoms with Crippen LogP contribution in [0.25, 0.3) is 0 Å². The standard InChI is InChI=1S/C17H29N3O3/c21-16(18-6-9-19-10-12-23-13-11-19)14-4-7-20(8-5-14)17(22)15-2-1-3-15/h14-15H,1-13H2,(H,18,21). The lowest BCUT2D eigenvalue weighted by molar-refractivity contribution is -0.141. The van der Waals surface area contributed by atoms with Crippen molar-refractivity contribution in [2.45, 2.75) is 32.1 Å². The van der Waals surface area contributed by atoms with Crippen molar-refractivity contribution in [2.75, 3.05) is 52.5 Å². The van der Waals surface area contributed by atoms with Crippen LogP contribution in [0.5, 0.6) is 0 Å². The summed E-state index contributed by atoms with van der Waals surface area (Å²) in [7, 11) is 0. The van der Waals surface area contributed by atoms with Crippen molar-refractivity contribution < 1.29 is 14.3 Å². The van der Waals surface area contributed by atoms with Crippen molar-refractivity contribution in [3.63, 3.8) is 0 Å². The number of piperidine rings is 1. The maximum absolute atomic E-state index is 12.3. The van der Waals surface area contributed by atoms with Crippen LogP contribution in [-0.2, 0) is 14.3 Å². The number of nitrogens with one attached hydrogen (secondary N) is 1. The van der Waals surface area contributed by atoms with Gasteiger partial charge in [-0.1, -0.05) is 6.42 Å². The van der Waals surface area contributed by atoms with Crippen LogP contribution in [0, 0.1) is 11.8 Å². The largest absolute Gasteiger partial charge is 0.379 e. The van der Waals surface area contributed by atoms with Gasteiger partial charge < -0.3 is 15.0 Å². The molecule has 0 aromatic heterocycles. The minimum atomic E-state index is 0.0742. The van der Waals surface area contributed by atoms with E-state index in [2.05, 4.69) is 10.2 Å². The average Bonchev–Trinajstić information content (AvgIpc) is 2.54. The van der Waals surface area contributed by atoms with E-state index in [0.29, 0.717) is 12.5 Å². The molecule has 2 saturated heterocycles. The predicted molar refractivity (Wildman–Crippen MR) is 86.9 cm³/mol. The Balaban J connectivity index is 1.32. The molecule has 0 atom stereocenters. The van der Waals surface area contributed by atoms with E-state index in [1.807, 2.05) is 4.90 Å². The molecule has 3 aliphatic rings. The van der Waals surface area contributed by atoms with Crippen LogP contribution < -0.4 is 5.32 Å². The maximum atomic E-state index is 12.3. The highest BCUT2D eigenvalue weighted by molar-refractivity contribution is 5.81. The Morgan fingerprint density at radius 1 is 0.957 bits per heavy atom. The molecular formula is C17H29N3O3. The molecule has 6 nitrogen and oxygen atoms in total. The molecule has 0 radical (unpaired) electrons. The number of hydrogen-bond donors (Lipinski definition) is 1. The molecule has 0 aromatic rings. The van der Waals surface area contributed by atoms with Gasteiger partial charge in [0.15, 0.2) is 0 Å². The molecule has 3 fully saturated rings. The molecule has 130 valence electrons. The molecule has 1 saturated carbocycles. The molecule has 6 heteroatoms. The first kappa shape index (κ1) is 16.7. The van der Waals surface area contributed by atoms with Gasteiger partial charge in [-0.2, -0.15) is 0 Å². The molecule has 0 unspecified atom stereocenters. The van der Waals surface area contributed by atoms with Gasteiger partial charge in [0.05, 0.1) is 13.2 Å². The molecule has 0 aromatic carbocycles. The second-order valence-electron chi connectivity index (χ2n) is 6.97. The molecule has 2 aliphatic heterocycles. The van der Waals surface area contributed by atoms with Gasteiger partial charge in [0.25, 0.3) is 0 Å². The van der Waals surface area contributed by atoms with Gasteiger partial charge in [-0.25, -0.2) is 0 Å². The molecule has 0 spiro atoms. The van der Waals surface area contributed by atoms with Crippen LogP contribution in [0.4, 0.5) is 0 Å². The van der Waals surface area contributed by atoms with E-state index in [9.17, 15) is 9.59 Å². The summed E-state index contributed by atoms with van der Waals surface area (Å²) in [5.41, 5.74) is 0. The van der Waals surface area contributed by atoms with Crippen LogP contribution in [-0.4, -0.2) is 74.1 Å². The lowest BCUT2D eigenvalue weighted by Gasteiger charge is -2.36. The van der Waals surface area contributed by atoms with Gasteiger partial charge in [0, 0.05) is 51.1 Å². The van der Waals surface area contributed by atoms with Crippen LogP contribution in [0.15, 0.2) is 0 Å². The number of morpholine rings is 1. The summed E-state index contributed by atoms with van der Waals surface area (Å²) >= 11 is 0. The van der Waals surface area contributed by atoms with Gasteiger partial charge in [0.1, 0.15) is 0 Å². The average molecular weight is 323 g/mol. The monoisotopic (exact) mass is 323 g/mol. The Bertz CT molecular complexity index is 411. The number of likely N-dealkylation sites (tertiary alicyclic amines) is 1. The summed E-state index contributed by atoms with van der Waals surface area (Å²) in [6, 6.07) is 0. The normalized spacial score (nSPS) is 24.3. The lowest BCUT2D eigenvalue weighted by Crippen LogP contribution is -2.47. The van der Waals surface area contributed by atoms with E-state index < -0.39 is 0 Å². The minimum Gasteiger partial charge on any atom is -0.379 e. The molecule has 1 aliphatic carbocycles. The highest BCUT2D eigenvalue weighted by Gasteiger charge is 2.33. The molecule has 23 heavy (non-hydrogen) atoms. The molecule has 0 bridgehead atoms. The van der Waals surface area contributed by atoms with Crippen molar-refractivity contribution in [1.82, 2.24) is 15.1 Å². The zero-order valence-electron chi connectivity index (χ0n) is 14.0. The third-order valence-corrected chi connectivity index (χ3v) is 5.46. The molecule has 1 N–H and O–H groups in total. The van der Waals surface area contributed by atoms with Crippen molar-refractivity contribution in [3.8, 4) is 0 Å². The summed E-state index contributed by atoms with van der Waals surface area (Å²) in [5, 5.41) is 3.06. The zero-order valence-corrected chi connectivity index (χ0v) is 14.0. The highest BCUT2D eigenvalue weighted by Crippen LogP contribution is 2.30. The quantitative estimate of drug-likeness (QED) is 0.799. The highest BCUT2D eigenvalue weighted by atomic mass is 16.5. The first-order valence-electron chi connectivity index (χ1n) is 9.10. The fraction of sp³-hybridized carbons (Fsp3) is 0.882. The van der Waals surface area contributed by atoms with E-state index >= 15 is 0 Å². The van der Waals surface area contributed by atoms with Crippen molar-refractivity contribution in [3.05, 3.63) is 0 Å². The number of ether oxygens (including phenoxy) is 1. The second kappa shape index (κ2) is 8.11. The van der Waals surface area contributed by atoms with Gasteiger partial charge in [-0.05, 0) is 25.7 Å². The number of nitrogens with zero attached hydrogens (tertiary/aromatic N) is 2. The van der Waals surface area contributed by atoms with Gasteiger partial charge in [-0.3, -0.25) is 14.5 Å². The fourth-order valence-electron chi connectivity index (χ4n) is 3.58.